The van der Waals surface area contributed by atoms with E-state index in [1.165, 1.54) is 0 Å². The number of benzene rings is 1. The molecule has 0 saturated heterocycles. The Morgan fingerprint density at radius 1 is 1.42 bits per heavy atom. The molecule has 1 heterocycles. The Bertz CT molecular complexity index is 587. The van der Waals surface area contributed by atoms with Crippen molar-refractivity contribution in [1.29, 1.82) is 0 Å². The van der Waals surface area contributed by atoms with E-state index in [1.807, 2.05) is 25.1 Å². The molecule has 0 amide bonds. The maximum absolute atomic E-state index is 11.1. The fourth-order valence-electron chi connectivity index (χ4n) is 1.96. The van der Waals surface area contributed by atoms with Gasteiger partial charge in [0.15, 0.2) is 6.29 Å². The van der Waals surface area contributed by atoms with Crippen molar-refractivity contribution in [2.45, 2.75) is 19.3 Å². The predicted molar refractivity (Wildman–Crippen MR) is 77.2 cm³/mol. The standard InChI is InChI=1S/C15H15ClN2O/c1-3-4-11(2)15-12(10-19)9-18(17-15)14-7-5-13(16)6-8-14/h3,5-11H,1,4H2,2H3. The lowest BCUT2D eigenvalue weighted by molar-refractivity contribution is 0.112. The van der Waals surface area contributed by atoms with Gasteiger partial charge in [0.1, 0.15) is 0 Å². The average Bonchev–Trinajstić information content (AvgIpc) is 2.84. The van der Waals surface area contributed by atoms with Gasteiger partial charge in [-0.2, -0.15) is 5.10 Å². The molecule has 1 atom stereocenters. The lowest BCUT2D eigenvalue weighted by Gasteiger charge is -2.05. The van der Waals surface area contributed by atoms with E-state index in [1.54, 1.807) is 23.0 Å². The second-order valence-corrected chi connectivity index (χ2v) is 4.87. The van der Waals surface area contributed by atoms with E-state index in [9.17, 15) is 4.79 Å². The van der Waals surface area contributed by atoms with Gasteiger partial charge in [-0.3, -0.25) is 4.79 Å². The number of aromatic nitrogens is 2. The van der Waals surface area contributed by atoms with Crippen LogP contribution in [-0.4, -0.2) is 16.1 Å². The maximum atomic E-state index is 11.1. The second kappa shape index (κ2) is 5.85. The fraction of sp³-hybridized carbons (Fsp3) is 0.200. The Morgan fingerprint density at radius 3 is 2.68 bits per heavy atom. The van der Waals surface area contributed by atoms with Crippen molar-refractivity contribution in [3.8, 4) is 5.69 Å². The SMILES string of the molecule is C=CCC(C)c1nn(-c2ccc(Cl)cc2)cc1C=O. The Morgan fingerprint density at radius 2 is 2.11 bits per heavy atom. The molecule has 4 heteroatoms. The number of hydrogen-bond donors (Lipinski definition) is 0. The summed E-state index contributed by atoms with van der Waals surface area (Å²) in [6.07, 6.45) is 5.21. The van der Waals surface area contributed by atoms with E-state index in [0.717, 1.165) is 24.1 Å². The van der Waals surface area contributed by atoms with Crippen LogP contribution in [-0.2, 0) is 0 Å². The molecule has 98 valence electrons. The molecule has 0 aliphatic heterocycles. The molecule has 0 bridgehead atoms. The molecule has 1 aromatic carbocycles. The molecular formula is C15H15ClN2O. The molecule has 0 radical (unpaired) electrons. The van der Waals surface area contributed by atoms with Crippen LogP contribution in [0.4, 0.5) is 0 Å². The van der Waals surface area contributed by atoms with Gasteiger partial charge in [-0.1, -0.05) is 24.6 Å². The van der Waals surface area contributed by atoms with Gasteiger partial charge >= 0.3 is 0 Å². The Labute approximate surface area is 117 Å². The first-order chi connectivity index (χ1) is 9.15. The molecule has 0 N–H and O–H groups in total. The highest BCUT2D eigenvalue weighted by Gasteiger charge is 2.15. The number of hydrogen-bond acceptors (Lipinski definition) is 2. The summed E-state index contributed by atoms with van der Waals surface area (Å²) in [6.45, 7) is 5.75. The van der Waals surface area contributed by atoms with Crippen molar-refractivity contribution in [3.63, 3.8) is 0 Å². The van der Waals surface area contributed by atoms with Crippen LogP contribution in [0.1, 0.15) is 35.3 Å². The highest BCUT2D eigenvalue weighted by molar-refractivity contribution is 6.30. The monoisotopic (exact) mass is 274 g/mol. The van der Waals surface area contributed by atoms with E-state index in [4.69, 9.17) is 11.6 Å². The lowest BCUT2D eigenvalue weighted by atomic mass is 10.0. The van der Waals surface area contributed by atoms with Crippen LogP contribution in [0.5, 0.6) is 0 Å². The topological polar surface area (TPSA) is 34.9 Å². The van der Waals surface area contributed by atoms with Crippen LogP contribution >= 0.6 is 11.6 Å². The van der Waals surface area contributed by atoms with Gasteiger partial charge < -0.3 is 0 Å². The zero-order valence-electron chi connectivity index (χ0n) is 10.7. The smallest absolute Gasteiger partial charge is 0.153 e. The maximum Gasteiger partial charge on any atom is 0.153 e. The Balaban J connectivity index is 2.40. The van der Waals surface area contributed by atoms with Crippen LogP contribution in [0.15, 0.2) is 43.1 Å². The van der Waals surface area contributed by atoms with Crippen molar-refractivity contribution in [1.82, 2.24) is 9.78 Å². The quantitative estimate of drug-likeness (QED) is 0.610. The largest absolute Gasteiger partial charge is 0.298 e. The number of nitrogens with zero attached hydrogens (tertiary/aromatic N) is 2. The van der Waals surface area contributed by atoms with Crippen molar-refractivity contribution in [2.24, 2.45) is 0 Å². The first kappa shape index (κ1) is 13.6. The molecule has 3 nitrogen and oxygen atoms in total. The highest BCUT2D eigenvalue weighted by Crippen LogP contribution is 2.22. The van der Waals surface area contributed by atoms with Crippen LogP contribution in [0.25, 0.3) is 5.69 Å². The van der Waals surface area contributed by atoms with Gasteiger partial charge in [-0.05, 0) is 30.7 Å². The minimum atomic E-state index is 0.172. The van der Waals surface area contributed by atoms with Crippen molar-refractivity contribution in [2.75, 3.05) is 0 Å². The van der Waals surface area contributed by atoms with Crippen LogP contribution in [0.3, 0.4) is 0 Å². The molecule has 2 aromatic rings. The number of aldehydes is 1. The summed E-state index contributed by atoms with van der Waals surface area (Å²) in [4.78, 5) is 11.1. The summed E-state index contributed by atoms with van der Waals surface area (Å²) < 4.78 is 1.70. The summed E-state index contributed by atoms with van der Waals surface area (Å²) >= 11 is 5.86. The third-order valence-corrected chi connectivity index (χ3v) is 3.23. The Kier molecular flexibility index (Phi) is 4.17. The third-order valence-electron chi connectivity index (χ3n) is 2.98. The normalized spacial score (nSPS) is 12.1. The molecule has 2 rings (SSSR count). The first-order valence-electron chi connectivity index (χ1n) is 6.07. The number of carbonyl (C=O) groups excluding carboxylic acids is 1. The zero-order chi connectivity index (χ0) is 13.8. The molecular weight excluding hydrogens is 260 g/mol. The Hall–Kier alpha value is -1.87. The van der Waals surface area contributed by atoms with Gasteiger partial charge in [0.2, 0.25) is 0 Å². The van der Waals surface area contributed by atoms with E-state index in [2.05, 4.69) is 11.7 Å². The number of halogens is 1. The van der Waals surface area contributed by atoms with Crippen LogP contribution in [0, 0.1) is 0 Å². The van der Waals surface area contributed by atoms with Gasteiger partial charge in [-0.25, -0.2) is 4.68 Å². The summed E-state index contributed by atoms with van der Waals surface area (Å²) in [5.74, 6) is 0.172. The van der Waals surface area contributed by atoms with Crippen molar-refractivity contribution in [3.05, 3.63) is 59.4 Å². The van der Waals surface area contributed by atoms with E-state index in [-0.39, 0.29) is 5.92 Å². The summed E-state index contributed by atoms with van der Waals surface area (Å²) in [6, 6.07) is 7.33. The predicted octanol–water partition coefficient (Wildman–Crippen LogP) is 4.02. The molecule has 0 spiro atoms. The first-order valence-corrected chi connectivity index (χ1v) is 6.45. The van der Waals surface area contributed by atoms with E-state index < -0.39 is 0 Å². The molecule has 1 aromatic heterocycles. The van der Waals surface area contributed by atoms with E-state index >= 15 is 0 Å². The molecule has 0 fully saturated rings. The van der Waals surface area contributed by atoms with Crippen LogP contribution < -0.4 is 0 Å². The molecule has 0 aliphatic carbocycles. The molecule has 0 saturated carbocycles. The minimum Gasteiger partial charge on any atom is -0.298 e. The lowest BCUT2D eigenvalue weighted by Crippen LogP contribution is -1.99. The molecule has 19 heavy (non-hydrogen) atoms. The number of carbonyl (C=O) groups is 1. The molecule has 1 unspecified atom stereocenters. The number of allylic oxidation sites excluding steroid dienone is 1. The van der Waals surface area contributed by atoms with Gasteiger partial charge in [0.05, 0.1) is 16.9 Å². The fourth-order valence-corrected chi connectivity index (χ4v) is 2.09. The van der Waals surface area contributed by atoms with Crippen molar-refractivity contribution < 1.29 is 4.79 Å². The van der Waals surface area contributed by atoms with Gasteiger partial charge in [0.25, 0.3) is 0 Å². The second-order valence-electron chi connectivity index (χ2n) is 4.43. The van der Waals surface area contributed by atoms with Crippen molar-refractivity contribution >= 4 is 17.9 Å². The zero-order valence-corrected chi connectivity index (χ0v) is 11.5. The minimum absolute atomic E-state index is 0.172. The summed E-state index contributed by atoms with van der Waals surface area (Å²) in [5.41, 5.74) is 2.29. The third kappa shape index (κ3) is 2.93. The average molecular weight is 275 g/mol. The number of rotatable bonds is 5. The molecule has 0 aliphatic rings. The van der Waals surface area contributed by atoms with Gasteiger partial charge in [-0.15, -0.1) is 6.58 Å². The summed E-state index contributed by atoms with van der Waals surface area (Å²) in [7, 11) is 0. The summed E-state index contributed by atoms with van der Waals surface area (Å²) in [5, 5.41) is 5.17. The van der Waals surface area contributed by atoms with Crippen LogP contribution in [0.2, 0.25) is 5.02 Å². The van der Waals surface area contributed by atoms with E-state index in [0.29, 0.717) is 10.6 Å². The highest BCUT2D eigenvalue weighted by atomic mass is 35.5. The van der Waals surface area contributed by atoms with Gasteiger partial charge in [0, 0.05) is 17.1 Å².